The Morgan fingerprint density at radius 3 is 2.69 bits per heavy atom. The molecule has 8 heteroatoms. The molecule has 0 radical (unpaired) electrons. The molecule has 2 aliphatic heterocycles. The van der Waals surface area contributed by atoms with Crippen LogP contribution in [0.15, 0.2) is 11.0 Å². The van der Waals surface area contributed by atoms with Crippen molar-refractivity contribution in [2.75, 3.05) is 26.2 Å². The minimum atomic E-state index is -0.391. The second kappa shape index (κ2) is 7.29. The molecule has 1 unspecified atom stereocenters. The topological polar surface area (TPSA) is 76.5 Å². The number of ether oxygens (including phenoxy) is 1. The summed E-state index contributed by atoms with van der Waals surface area (Å²) in [7, 11) is 0. The summed E-state index contributed by atoms with van der Waals surface area (Å²) in [4.78, 5) is 31.5. The van der Waals surface area contributed by atoms with Crippen LogP contribution < -0.4 is 10.9 Å². The Kier molecular flexibility index (Phi) is 5.03. The Bertz CT molecular complexity index is 740. The predicted octanol–water partition coefficient (Wildman–Crippen LogP) is 1.52. The summed E-state index contributed by atoms with van der Waals surface area (Å²) in [6.07, 6.45) is 4.80. The third-order valence-electron chi connectivity index (χ3n) is 5.61. The largest absolute Gasteiger partial charge is 0.369 e. The average Bonchev–Trinajstić information content (AvgIpc) is 3.49. The number of rotatable bonds is 3. The fraction of sp³-hybridized carbons (Fsp3) is 0.722. The molecule has 142 valence electrons. The molecule has 3 fully saturated rings. The Hall–Kier alpha value is -1.44. The van der Waals surface area contributed by atoms with Gasteiger partial charge in [-0.05, 0) is 32.6 Å². The van der Waals surface area contributed by atoms with E-state index in [0.717, 1.165) is 32.2 Å². The number of nitrogens with zero attached hydrogens (tertiary/aromatic N) is 3. The van der Waals surface area contributed by atoms with Crippen molar-refractivity contribution in [2.45, 2.75) is 50.8 Å². The third-order valence-corrected chi connectivity index (χ3v) is 5.79. The van der Waals surface area contributed by atoms with Crippen LogP contribution in [0.1, 0.15) is 50.4 Å². The minimum Gasteiger partial charge on any atom is -0.369 e. The zero-order valence-corrected chi connectivity index (χ0v) is 15.7. The van der Waals surface area contributed by atoms with Crippen LogP contribution in [-0.2, 0) is 9.53 Å². The number of hydrogen-bond donors (Lipinski definition) is 1. The highest BCUT2D eigenvalue weighted by Crippen LogP contribution is 2.33. The molecule has 7 nitrogen and oxygen atoms in total. The lowest BCUT2D eigenvalue weighted by Crippen LogP contribution is -2.45. The van der Waals surface area contributed by atoms with Gasteiger partial charge in [0.25, 0.3) is 5.56 Å². The van der Waals surface area contributed by atoms with E-state index in [0.29, 0.717) is 30.5 Å². The van der Waals surface area contributed by atoms with Gasteiger partial charge in [-0.1, -0.05) is 11.6 Å². The Morgan fingerprint density at radius 2 is 2.04 bits per heavy atom. The first-order chi connectivity index (χ1) is 12.5. The average molecular weight is 381 g/mol. The van der Waals surface area contributed by atoms with Crippen LogP contribution in [0.25, 0.3) is 0 Å². The first-order valence-corrected chi connectivity index (χ1v) is 9.84. The smallest absolute Gasteiger partial charge is 0.275 e. The summed E-state index contributed by atoms with van der Waals surface area (Å²) < 4.78 is 7.49. The van der Waals surface area contributed by atoms with Crippen LogP contribution in [0.2, 0.25) is 5.15 Å². The van der Waals surface area contributed by atoms with Gasteiger partial charge in [0.05, 0.1) is 6.61 Å². The maximum atomic E-state index is 13.1. The number of piperidine rings is 1. The van der Waals surface area contributed by atoms with Gasteiger partial charge in [-0.15, -0.1) is 0 Å². The van der Waals surface area contributed by atoms with Gasteiger partial charge in [0.1, 0.15) is 17.0 Å². The van der Waals surface area contributed by atoms with E-state index in [1.807, 2.05) is 11.8 Å². The number of likely N-dealkylation sites (tertiary alicyclic amines) is 1. The van der Waals surface area contributed by atoms with Gasteiger partial charge in [0.15, 0.2) is 0 Å². The van der Waals surface area contributed by atoms with Crippen molar-refractivity contribution in [3.05, 3.63) is 27.4 Å². The Labute approximate surface area is 157 Å². The predicted molar refractivity (Wildman–Crippen MR) is 97.2 cm³/mol. The molecule has 1 aliphatic carbocycles. The molecule has 1 aromatic heterocycles. The van der Waals surface area contributed by atoms with Crippen molar-refractivity contribution in [2.24, 2.45) is 5.92 Å². The summed E-state index contributed by atoms with van der Waals surface area (Å²) in [5, 5.41) is 3.61. The van der Waals surface area contributed by atoms with Crippen molar-refractivity contribution >= 4 is 17.5 Å². The number of carbonyl (C=O) groups is 1. The summed E-state index contributed by atoms with van der Waals surface area (Å²) in [6.45, 7) is 4.68. The molecular formula is C18H25ClN4O3. The maximum Gasteiger partial charge on any atom is 0.275 e. The standard InChI is InChI=1S/C18H25ClN4O3/c1-11-16(26-9-6-20-11)15-18(25)23(10-14(19)21-15)13-4-7-22(8-5-13)17(24)12-2-3-12/h10-13,16,20H,2-9H2,1H3/t11?,16-/m1/s1. The quantitative estimate of drug-likeness (QED) is 0.860. The normalized spacial score (nSPS) is 27.5. The SMILES string of the molecule is CC1NCCO[C@H]1c1nc(Cl)cn(C2CCN(C(=O)C3CC3)CC2)c1=O. The molecule has 0 aromatic carbocycles. The molecule has 1 aromatic rings. The van der Waals surface area contributed by atoms with Crippen molar-refractivity contribution in [1.29, 1.82) is 0 Å². The molecule has 2 atom stereocenters. The molecule has 4 rings (SSSR count). The molecule has 1 amide bonds. The molecule has 3 heterocycles. The number of morpholine rings is 1. The van der Waals surface area contributed by atoms with Crippen molar-refractivity contribution in [1.82, 2.24) is 19.8 Å². The maximum absolute atomic E-state index is 13.1. The zero-order chi connectivity index (χ0) is 18.3. The first kappa shape index (κ1) is 17.9. The molecular weight excluding hydrogens is 356 g/mol. The second-order valence-electron chi connectivity index (χ2n) is 7.53. The molecule has 3 aliphatic rings. The number of carbonyl (C=O) groups excluding carboxylic acids is 1. The van der Waals surface area contributed by atoms with Gasteiger partial charge in [0, 0.05) is 43.8 Å². The van der Waals surface area contributed by atoms with E-state index in [9.17, 15) is 9.59 Å². The second-order valence-corrected chi connectivity index (χ2v) is 7.91. The highest BCUT2D eigenvalue weighted by Gasteiger charge is 2.36. The van der Waals surface area contributed by atoms with E-state index in [4.69, 9.17) is 16.3 Å². The zero-order valence-electron chi connectivity index (χ0n) is 15.0. The van der Waals surface area contributed by atoms with Crippen molar-refractivity contribution < 1.29 is 9.53 Å². The summed E-state index contributed by atoms with van der Waals surface area (Å²) in [6, 6.07) is 0.0470. The van der Waals surface area contributed by atoms with Crippen LogP contribution in [0.5, 0.6) is 0 Å². The Morgan fingerprint density at radius 1 is 1.31 bits per heavy atom. The van der Waals surface area contributed by atoms with Crippen LogP contribution in [-0.4, -0.2) is 52.6 Å². The van der Waals surface area contributed by atoms with Gasteiger partial charge >= 0.3 is 0 Å². The van der Waals surface area contributed by atoms with E-state index >= 15 is 0 Å². The van der Waals surface area contributed by atoms with Gasteiger partial charge in [0.2, 0.25) is 5.91 Å². The highest BCUT2D eigenvalue weighted by atomic mass is 35.5. The lowest BCUT2D eigenvalue weighted by molar-refractivity contribution is -0.133. The summed E-state index contributed by atoms with van der Waals surface area (Å²) in [5.41, 5.74) is 0.232. The van der Waals surface area contributed by atoms with Gasteiger partial charge in [-0.2, -0.15) is 0 Å². The monoisotopic (exact) mass is 380 g/mol. The fourth-order valence-electron chi connectivity index (χ4n) is 3.95. The molecule has 0 spiro atoms. The van der Waals surface area contributed by atoms with E-state index in [1.165, 1.54) is 0 Å². The minimum absolute atomic E-state index is 0.00822. The van der Waals surface area contributed by atoms with E-state index in [2.05, 4.69) is 10.3 Å². The lowest BCUT2D eigenvalue weighted by Gasteiger charge is -2.34. The van der Waals surface area contributed by atoms with Crippen molar-refractivity contribution in [3.63, 3.8) is 0 Å². The van der Waals surface area contributed by atoms with E-state index in [-0.39, 0.29) is 29.5 Å². The van der Waals surface area contributed by atoms with Crippen LogP contribution in [0.4, 0.5) is 0 Å². The summed E-state index contributed by atoms with van der Waals surface area (Å²) >= 11 is 6.23. The van der Waals surface area contributed by atoms with Crippen LogP contribution in [0, 0.1) is 5.92 Å². The first-order valence-electron chi connectivity index (χ1n) is 9.47. The van der Waals surface area contributed by atoms with Crippen LogP contribution >= 0.6 is 11.6 Å². The third kappa shape index (κ3) is 3.52. The molecule has 2 saturated heterocycles. The number of nitrogens with one attached hydrogen (secondary N) is 1. The number of hydrogen-bond acceptors (Lipinski definition) is 5. The fourth-order valence-corrected chi connectivity index (χ4v) is 4.14. The molecule has 26 heavy (non-hydrogen) atoms. The Balaban J connectivity index is 1.53. The molecule has 0 bridgehead atoms. The van der Waals surface area contributed by atoms with E-state index < -0.39 is 6.10 Å². The number of aromatic nitrogens is 2. The van der Waals surface area contributed by atoms with Crippen LogP contribution in [0.3, 0.4) is 0 Å². The molecule has 1 N–H and O–H groups in total. The highest BCUT2D eigenvalue weighted by molar-refractivity contribution is 6.29. The van der Waals surface area contributed by atoms with Gasteiger partial charge in [-0.3, -0.25) is 9.59 Å². The van der Waals surface area contributed by atoms with Crippen molar-refractivity contribution in [3.8, 4) is 0 Å². The lowest BCUT2D eigenvalue weighted by atomic mass is 10.0. The van der Waals surface area contributed by atoms with Gasteiger partial charge in [-0.25, -0.2) is 4.98 Å². The molecule has 1 saturated carbocycles. The summed E-state index contributed by atoms with van der Waals surface area (Å²) in [5.74, 6) is 0.522. The number of amides is 1. The number of halogens is 1. The van der Waals surface area contributed by atoms with E-state index in [1.54, 1.807) is 10.8 Å². The van der Waals surface area contributed by atoms with Gasteiger partial charge < -0.3 is 19.5 Å².